The zero-order valence-corrected chi connectivity index (χ0v) is 18.5. The van der Waals surface area contributed by atoms with Gasteiger partial charge in [-0.25, -0.2) is 8.78 Å². The van der Waals surface area contributed by atoms with Crippen molar-refractivity contribution in [3.63, 3.8) is 0 Å². The summed E-state index contributed by atoms with van der Waals surface area (Å²) in [6.45, 7) is 5.83. The van der Waals surface area contributed by atoms with E-state index in [-0.39, 0.29) is 34.5 Å². The number of aliphatic hydroxyl groups is 1. The second-order valence-electron chi connectivity index (χ2n) is 8.00. The third-order valence-electron chi connectivity index (χ3n) is 5.56. The van der Waals surface area contributed by atoms with E-state index in [1.54, 1.807) is 6.07 Å². The molecule has 4 N–H and O–H groups in total. The van der Waals surface area contributed by atoms with Gasteiger partial charge in [-0.3, -0.25) is 9.69 Å². The Morgan fingerprint density at radius 3 is 2.35 bits per heavy atom. The van der Waals surface area contributed by atoms with Gasteiger partial charge >= 0.3 is 0 Å². The molecule has 0 spiro atoms. The first-order valence-corrected chi connectivity index (χ1v) is 10.8. The lowest BCUT2D eigenvalue weighted by atomic mass is 9.95. The number of nitrogens with one attached hydrogen (secondary N) is 1. The molecule has 184 valence electrons. The quantitative estimate of drug-likeness (QED) is 0.379. The predicted octanol–water partition coefficient (Wildman–Crippen LogP) is 4.22. The molecular formula is C24H28F2N2O6. The SMILES string of the molecule is C=C(O)C1CCN(CCOc2ccc(NC(=O)COc3ccc(C(F)F)cc3O)cc2O)CC1. The molecule has 1 fully saturated rings. The third kappa shape index (κ3) is 6.98. The van der Waals surface area contributed by atoms with Gasteiger partial charge in [0.1, 0.15) is 6.61 Å². The number of nitrogens with zero attached hydrogens (tertiary/aromatic N) is 1. The molecule has 10 heteroatoms. The summed E-state index contributed by atoms with van der Waals surface area (Å²) < 4.78 is 36.1. The van der Waals surface area contributed by atoms with Crippen molar-refractivity contribution in [2.24, 2.45) is 5.92 Å². The molecule has 0 unspecified atom stereocenters. The fourth-order valence-corrected chi connectivity index (χ4v) is 3.62. The Hall–Kier alpha value is -3.53. The van der Waals surface area contributed by atoms with Gasteiger partial charge in [0.05, 0.1) is 5.76 Å². The molecule has 1 aliphatic rings. The van der Waals surface area contributed by atoms with Crippen LogP contribution in [0.2, 0.25) is 0 Å². The lowest BCUT2D eigenvalue weighted by molar-refractivity contribution is -0.118. The number of carbonyl (C=O) groups excluding carboxylic acids is 1. The van der Waals surface area contributed by atoms with E-state index in [9.17, 15) is 28.9 Å². The Morgan fingerprint density at radius 2 is 1.74 bits per heavy atom. The zero-order chi connectivity index (χ0) is 24.7. The van der Waals surface area contributed by atoms with Gasteiger partial charge in [-0.05, 0) is 56.3 Å². The number of likely N-dealkylation sites (tertiary alicyclic amines) is 1. The van der Waals surface area contributed by atoms with Crippen molar-refractivity contribution in [1.29, 1.82) is 0 Å². The van der Waals surface area contributed by atoms with Crippen molar-refractivity contribution in [3.05, 3.63) is 54.3 Å². The van der Waals surface area contributed by atoms with Crippen molar-refractivity contribution in [1.82, 2.24) is 4.90 Å². The largest absolute Gasteiger partial charge is 0.513 e. The van der Waals surface area contributed by atoms with Crippen LogP contribution in [0, 0.1) is 5.92 Å². The van der Waals surface area contributed by atoms with Gasteiger partial charge < -0.3 is 30.1 Å². The highest BCUT2D eigenvalue weighted by molar-refractivity contribution is 5.92. The van der Waals surface area contributed by atoms with E-state index >= 15 is 0 Å². The van der Waals surface area contributed by atoms with Crippen molar-refractivity contribution in [2.75, 3.05) is 38.2 Å². The highest BCUT2D eigenvalue weighted by Gasteiger charge is 2.21. The normalized spacial score (nSPS) is 14.7. The summed E-state index contributed by atoms with van der Waals surface area (Å²) in [7, 11) is 0. The molecule has 1 amide bonds. The molecule has 0 aromatic heterocycles. The summed E-state index contributed by atoms with van der Waals surface area (Å²) in [6.07, 6.45) is -1.04. The molecule has 0 radical (unpaired) electrons. The minimum absolute atomic E-state index is 0.100. The average Bonchev–Trinajstić information content (AvgIpc) is 2.80. The van der Waals surface area contributed by atoms with E-state index in [1.807, 2.05) is 0 Å². The standard InChI is InChI=1S/C24H28F2N2O6/c1-15(29)16-6-8-28(9-7-16)10-11-33-21-5-3-18(13-20(21)31)27-23(32)14-34-22-4-2-17(24(25)26)12-19(22)30/h2-5,12-13,16,24,29-31H,1,6-11,14H2,(H,27,32). The average molecular weight is 478 g/mol. The van der Waals surface area contributed by atoms with Crippen LogP contribution in [0.25, 0.3) is 0 Å². The van der Waals surface area contributed by atoms with Gasteiger partial charge in [0.15, 0.2) is 29.6 Å². The van der Waals surface area contributed by atoms with E-state index in [2.05, 4.69) is 16.8 Å². The van der Waals surface area contributed by atoms with Crippen LogP contribution in [0.15, 0.2) is 48.7 Å². The highest BCUT2D eigenvalue weighted by Crippen LogP contribution is 2.31. The number of aromatic hydroxyl groups is 2. The summed E-state index contributed by atoms with van der Waals surface area (Å²) >= 11 is 0. The molecule has 34 heavy (non-hydrogen) atoms. The molecule has 8 nitrogen and oxygen atoms in total. The summed E-state index contributed by atoms with van der Waals surface area (Å²) in [4.78, 5) is 14.3. The molecule has 1 heterocycles. The predicted molar refractivity (Wildman–Crippen MR) is 122 cm³/mol. The number of phenolic OH excluding ortho intramolecular Hbond substituents is 2. The fraction of sp³-hybridized carbons (Fsp3) is 0.375. The Labute approximate surface area is 196 Å². The number of alkyl halides is 2. The number of piperidine rings is 1. The van der Waals surface area contributed by atoms with Crippen LogP contribution in [0.3, 0.4) is 0 Å². The maximum Gasteiger partial charge on any atom is 0.263 e. The van der Waals surface area contributed by atoms with Gasteiger partial charge in [0.2, 0.25) is 0 Å². The highest BCUT2D eigenvalue weighted by atomic mass is 19.3. The van der Waals surface area contributed by atoms with E-state index in [0.717, 1.165) is 44.1 Å². The molecular weight excluding hydrogens is 450 g/mol. The Kier molecular flexibility index (Phi) is 8.53. The second-order valence-corrected chi connectivity index (χ2v) is 8.00. The molecule has 0 bridgehead atoms. The summed E-state index contributed by atoms with van der Waals surface area (Å²) in [5.74, 6) is -0.650. The van der Waals surface area contributed by atoms with Crippen molar-refractivity contribution < 1.29 is 38.4 Å². The van der Waals surface area contributed by atoms with E-state index in [0.29, 0.717) is 18.8 Å². The van der Waals surface area contributed by atoms with E-state index in [4.69, 9.17) is 9.47 Å². The first-order chi connectivity index (χ1) is 16.2. The molecule has 2 aromatic rings. The number of rotatable bonds is 10. The minimum Gasteiger partial charge on any atom is -0.513 e. The maximum absolute atomic E-state index is 12.6. The number of hydrogen-bond acceptors (Lipinski definition) is 7. The fourth-order valence-electron chi connectivity index (χ4n) is 3.62. The van der Waals surface area contributed by atoms with Crippen molar-refractivity contribution in [3.8, 4) is 23.0 Å². The number of amides is 1. The Bertz CT molecular complexity index is 1010. The smallest absolute Gasteiger partial charge is 0.263 e. The van der Waals surface area contributed by atoms with Crippen LogP contribution >= 0.6 is 0 Å². The van der Waals surface area contributed by atoms with Gasteiger partial charge in [-0.2, -0.15) is 0 Å². The lowest BCUT2D eigenvalue weighted by Crippen LogP contribution is -2.36. The van der Waals surface area contributed by atoms with E-state index in [1.165, 1.54) is 12.1 Å². The summed E-state index contributed by atoms with van der Waals surface area (Å²) in [6, 6.07) is 7.56. The molecule has 0 atom stereocenters. The van der Waals surface area contributed by atoms with Crippen LogP contribution < -0.4 is 14.8 Å². The topological polar surface area (TPSA) is 111 Å². The molecule has 2 aromatic carbocycles. The minimum atomic E-state index is -2.73. The molecule has 0 aliphatic carbocycles. The summed E-state index contributed by atoms with van der Waals surface area (Å²) in [5, 5.41) is 32.0. The number of halogens is 2. The number of phenols is 2. The molecule has 1 aliphatic heterocycles. The molecule has 1 saturated heterocycles. The van der Waals surface area contributed by atoms with Crippen molar-refractivity contribution >= 4 is 11.6 Å². The zero-order valence-electron chi connectivity index (χ0n) is 18.5. The maximum atomic E-state index is 12.6. The van der Waals surface area contributed by atoms with Crippen LogP contribution in [-0.2, 0) is 4.79 Å². The van der Waals surface area contributed by atoms with Gasteiger partial charge in [0, 0.05) is 29.8 Å². The number of allylic oxidation sites excluding steroid dienone is 1. The first kappa shape index (κ1) is 25.1. The molecule has 3 rings (SSSR count). The lowest BCUT2D eigenvalue weighted by Gasteiger charge is -2.31. The third-order valence-corrected chi connectivity index (χ3v) is 5.56. The monoisotopic (exact) mass is 478 g/mol. The van der Waals surface area contributed by atoms with Crippen LogP contribution in [0.4, 0.5) is 14.5 Å². The Morgan fingerprint density at radius 1 is 1.09 bits per heavy atom. The second kappa shape index (κ2) is 11.6. The van der Waals surface area contributed by atoms with Gasteiger partial charge in [-0.1, -0.05) is 6.58 Å². The van der Waals surface area contributed by atoms with Gasteiger partial charge in [0.25, 0.3) is 12.3 Å². The van der Waals surface area contributed by atoms with Crippen LogP contribution in [-0.4, -0.2) is 59.0 Å². The van der Waals surface area contributed by atoms with Crippen molar-refractivity contribution in [2.45, 2.75) is 19.3 Å². The Balaban J connectivity index is 1.43. The first-order valence-electron chi connectivity index (χ1n) is 10.8. The molecule has 0 saturated carbocycles. The van der Waals surface area contributed by atoms with Crippen LogP contribution in [0.5, 0.6) is 23.0 Å². The summed E-state index contributed by atoms with van der Waals surface area (Å²) in [5.41, 5.74) is -0.0494. The number of aliphatic hydroxyl groups excluding tert-OH is 1. The number of hydrogen-bond donors (Lipinski definition) is 4. The number of ether oxygens (including phenoxy) is 2. The number of carbonyl (C=O) groups is 1. The van der Waals surface area contributed by atoms with E-state index < -0.39 is 24.7 Å². The van der Waals surface area contributed by atoms with Gasteiger partial charge in [-0.15, -0.1) is 0 Å². The number of anilines is 1. The van der Waals surface area contributed by atoms with Crippen LogP contribution in [0.1, 0.15) is 24.8 Å². The number of benzene rings is 2.